The highest BCUT2D eigenvalue weighted by molar-refractivity contribution is 5.86. The van der Waals surface area contributed by atoms with Gasteiger partial charge in [-0.3, -0.25) is 4.79 Å². The van der Waals surface area contributed by atoms with Crippen LogP contribution < -0.4 is 10.6 Å². The molecule has 8 heteroatoms. The zero-order valence-electron chi connectivity index (χ0n) is 16.2. The van der Waals surface area contributed by atoms with Gasteiger partial charge in [0.25, 0.3) is 5.91 Å². The van der Waals surface area contributed by atoms with E-state index in [0.29, 0.717) is 31.8 Å². The summed E-state index contributed by atoms with van der Waals surface area (Å²) < 4.78 is 7.83. The van der Waals surface area contributed by atoms with Gasteiger partial charge in [0.15, 0.2) is 0 Å². The Hall–Kier alpha value is -1.34. The number of para-hydroxylation sites is 2. The summed E-state index contributed by atoms with van der Waals surface area (Å²) >= 11 is 0. The summed E-state index contributed by atoms with van der Waals surface area (Å²) in [5, 5.41) is 6.33. The lowest BCUT2D eigenvalue weighted by Gasteiger charge is -2.34. The largest absolute Gasteiger partial charge is 0.368 e. The van der Waals surface area contributed by atoms with Crippen LogP contribution in [0.2, 0.25) is 0 Å². The number of methoxy groups -OCH3 is 1. The third kappa shape index (κ3) is 4.93. The van der Waals surface area contributed by atoms with E-state index in [-0.39, 0.29) is 30.7 Å². The summed E-state index contributed by atoms with van der Waals surface area (Å²) in [6.45, 7) is 6.50. The van der Waals surface area contributed by atoms with Crippen molar-refractivity contribution in [2.24, 2.45) is 0 Å². The number of hydrogen-bond acceptors (Lipinski definition) is 4. The lowest BCUT2D eigenvalue weighted by atomic mass is 9.91. The molecule has 1 fully saturated rings. The number of carbonyl (C=O) groups is 1. The summed E-state index contributed by atoms with van der Waals surface area (Å²) in [5.41, 5.74) is 1.46. The Bertz CT molecular complexity index is 742. The Morgan fingerprint density at radius 1 is 1.30 bits per heavy atom. The first-order valence-electron chi connectivity index (χ1n) is 9.07. The van der Waals surface area contributed by atoms with Crippen molar-refractivity contribution in [3.63, 3.8) is 0 Å². The number of benzene rings is 1. The monoisotopic (exact) mass is 416 g/mol. The predicted octanol–water partition coefficient (Wildman–Crippen LogP) is 2.89. The van der Waals surface area contributed by atoms with Gasteiger partial charge in [0, 0.05) is 26.1 Å². The molecule has 2 aromatic rings. The van der Waals surface area contributed by atoms with Crippen molar-refractivity contribution in [2.75, 3.05) is 26.7 Å². The average Bonchev–Trinajstić information content (AvgIpc) is 3.00. The van der Waals surface area contributed by atoms with Gasteiger partial charge in [0.05, 0.1) is 11.0 Å². The number of ether oxygens (including phenoxy) is 1. The van der Waals surface area contributed by atoms with Crippen molar-refractivity contribution in [1.82, 2.24) is 20.2 Å². The standard InChI is InChI=1S/C19H28N4O2.2ClH/c1-14(2)23-16-7-5-4-6-15(16)22-17(23)8-11-21-18(24)19(25-3)9-12-20-13-10-19;;/h4-7,14,20H,8-13H2,1-3H3,(H,21,24);2*1H. The number of piperidine rings is 1. The number of hydrogen-bond donors (Lipinski definition) is 2. The maximum absolute atomic E-state index is 12.6. The van der Waals surface area contributed by atoms with Gasteiger partial charge in [-0.1, -0.05) is 12.1 Å². The van der Waals surface area contributed by atoms with Crippen molar-refractivity contribution in [3.05, 3.63) is 30.1 Å². The molecule has 0 spiro atoms. The van der Waals surface area contributed by atoms with Crippen LogP contribution in [0.1, 0.15) is 38.6 Å². The van der Waals surface area contributed by atoms with E-state index in [1.165, 1.54) is 0 Å². The van der Waals surface area contributed by atoms with E-state index in [9.17, 15) is 4.79 Å². The minimum absolute atomic E-state index is 0. The zero-order valence-corrected chi connectivity index (χ0v) is 17.8. The van der Waals surface area contributed by atoms with Gasteiger partial charge in [-0.05, 0) is 51.9 Å². The Balaban J connectivity index is 0.00000182. The number of rotatable bonds is 6. The first-order valence-corrected chi connectivity index (χ1v) is 9.07. The molecule has 1 aliphatic heterocycles. The van der Waals surface area contributed by atoms with Gasteiger partial charge in [0.2, 0.25) is 0 Å². The molecule has 1 amide bonds. The molecular formula is C19H30Cl2N4O2. The topological polar surface area (TPSA) is 68.2 Å². The van der Waals surface area contributed by atoms with Crippen molar-refractivity contribution in [1.29, 1.82) is 0 Å². The van der Waals surface area contributed by atoms with Crippen molar-refractivity contribution < 1.29 is 9.53 Å². The zero-order chi connectivity index (χ0) is 17.9. The Labute approximate surface area is 173 Å². The van der Waals surface area contributed by atoms with Gasteiger partial charge < -0.3 is 19.9 Å². The molecule has 0 aliphatic carbocycles. The molecule has 0 radical (unpaired) electrons. The van der Waals surface area contributed by atoms with Crippen LogP contribution in [0.5, 0.6) is 0 Å². The van der Waals surface area contributed by atoms with Crippen LogP contribution in [-0.2, 0) is 16.0 Å². The number of amides is 1. The molecule has 3 rings (SSSR count). The molecule has 27 heavy (non-hydrogen) atoms. The Morgan fingerprint density at radius 3 is 2.59 bits per heavy atom. The highest BCUT2D eigenvalue weighted by atomic mass is 35.5. The van der Waals surface area contributed by atoms with Crippen molar-refractivity contribution >= 4 is 41.8 Å². The van der Waals surface area contributed by atoms with Gasteiger partial charge in [0.1, 0.15) is 11.4 Å². The van der Waals surface area contributed by atoms with Crippen LogP contribution in [0.25, 0.3) is 11.0 Å². The van der Waals surface area contributed by atoms with E-state index in [2.05, 4.69) is 35.1 Å². The minimum atomic E-state index is -0.691. The molecule has 1 aromatic heterocycles. The SMILES string of the molecule is COC1(C(=O)NCCc2nc3ccccc3n2C(C)C)CCNCC1.Cl.Cl. The van der Waals surface area contributed by atoms with E-state index < -0.39 is 5.60 Å². The lowest BCUT2D eigenvalue weighted by Crippen LogP contribution is -2.54. The molecule has 1 saturated heterocycles. The van der Waals surface area contributed by atoms with Crippen LogP contribution >= 0.6 is 24.8 Å². The first-order chi connectivity index (χ1) is 12.1. The molecule has 0 saturated carbocycles. The fourth-order valence-corrected chi connectivity index (χ4v) is 3.65. The average molecular weight is 417 g/mol. The number of imidazole rings is 1. The first kappa shape index (κ1) is 23.7. The molecule has 2 heterocycles. The van der Waals surface area contributed by atoms with Crippen molar-refractivity contribution in [2.45, 2.75) is 44.8 Å². The van der Waals surface area contributed by atoms with Crippen molar-refractivity contribution in [3.8, 4) is 0 Å². The second-order valence-corrected chi connectivity index (χ2v) is 6.93. The Kier molecular flexibility index (Phi) is 9.02. The normalized spacial score (nSPS) is 15.9. The summed E-state index contributed by atoms with van der Waals surface area (Å²) in [5.74, 6) is 0.997. The molecule has 152 valence electrons. The highest BCUT2D eigenvalue weighted by Gasteiger charge is 2.39. The summed E-state index contributed by atoms with van der Waals surface area (Å²) in [4.78, 5) is 17.4. The smallest absolute Gasteiger partial charge is 0.252 e. The van der Waals surface area contributed by atoms with Crippen LogP contribution in [0.4, 0.5) is 0 Å². The van der Waals surface area contributed by atoms with E-state index in [4.69, 9.17) is 9.72 Å². The molecule has 1 aromatic carbocycles. The molecule has 0 atom stereocenters. The number of nitrogens with zero attached hydrogens (tertiary/aromatic N) is 2. The third-order valence-corrected chi connectivity index (χ3v) is 5.04. The Morgan fingerprint density at radius 2 is 1.96 bits per heavy atom. The number of fused-ring (bicyclic) bond motifs is 1. The van der Waals surface area contributed by atoms with Gasteiger partial charge in [-0.25, -0.2) is 4.98 Å². The molecule has 2 N–H and O–H groups in total. The second-order valence-electron chi connectivity index (χ2n) is 6.93. The quantitative estimate of drug-likeness (QED) is 0.759. The minimum Gasteiger partial charge on any atom is -0.368 e. The van der Waals surface area contributed by atoms with Gasteiger partial charge >= 0.3 is 0 Å². The second kappa shape index (κ2) is 10.3. The van der Waals surface area contributed by atoms with E-state index in [0.717, 1.165) is 29.9 Å². The molecule has 6 nitrogen and oxygen atoms in total. The molecular weight excluding hydrogens is 387 g/mol. The number of nitrogens with one attached hydrogen (secondary N) is 2. The van der Waals surface area contributed by atoms with Gasteiger partial charge in [-0.15, -0.1) is 24.8 Å². The van der Waals surface area contributed by atoms with E-state index in [1.807, 2.05) is 18.2 Å². The fraction of sp³-hybridized carbons (Fsp3) is 0.579. The molecule has 0 bridgehead atoms. The van der Waals surface area contributed by atoms with Crippen LogP contribution in [0.15, 0.2) is 24.3 Å². The van der Waals surface area contributed by atoms with Crippen LogP contribution in [-0.4, -0.2) is 47.8 Å². The maximum Gasteiger partial charge on any atom is 0.252 e. The van der Waals surface area contributed by atoms with Crippen LogP contribution in [0.3, 0.4) is 0 Å². The van der Waals surface area contributed by atoms with Gasteiger partial charge in [-0.2, -0.15) is 0 Å². The predicted molar refractivity (Wildman–Crippen MR) is 113 cm³/mol. The van der Waals surface area contributed by atoms with Crippen LogP contribution in [0, 0.1) is 0 Å². The number of carbonyl (C=O) groups excluding carboxylic acids is 1. The number of halogens is 2. The molecule has 1 aliphatic rings. The molecule has 0 unspecified atom stereocenters. The summed E-state index contributed by atoms with van der Waals surface area (Å²) in [7, 11) is 1.63. The third-order valence-electron chi connectivity index (χ3n) is 5.04. The van der Waals surface area contributed by atoms with E-state index in [1.54, 1.807) is 7.11 Å². The lowest BCUT2D eigenvalue weighted by molar-refractivity contribution is -0.146. The summed E-state index contributed by atoms with van der Waals surface area (Å²) in [6, 6.07) is 8.50. The number of aromatic nitrogens is 2. The highest BCUT2D eigenvalue weighted by Crippen LogP contribution is 2.23. The summed E-state index contributed by atoms with van der Waals surface area (Å²) in [6.07, 6.45) is 2.12. The fourth-order valence-electron chi connectivity index (χ4n) is 3.65. The van der Waals surface area contributed by atoms with E-state index >= 15 is 0 Å². The maximum atomic E-state index is 12.6.